The van der Waals surface area contributed by atoms with Gasteiger partial charge in [-0.2, -0.15) is 13.2 Å². The lowest BCUT2D eigenvalue weighted by atomic mass is 9.93. The van der Waals surface area contributed by atoms with Crippen LogP contribution in [0.4, 0.5) is 13.2 Å². The second-order valence-corrected chi connectivity index (χ2v) is 10.5. The highest BCUT2D eigenvalue weighted by Gasteiger charge is 2.39. The van der Waals surface area contributed by atoms with Crippen LogP contribution in [0, 0.1) is 0 Å². The Morgan fingerprint density at radius 2 is 1.86 bits per heavy atom. The summed E-state index contributed by atoms with van der Waals surface area (Å²) in [5, 5.41) is 6.70. The third-order valence-corrected chi connectivity index (χ3v) is 8.03. The molecule has 0 aromatic carbocycles. The van der Waals surface area contributed by atoms with Gasteiger partial charge in [-0.15, -0.1) is 10.2 Å². The number of hydrogen-bond acceptors (Lipinski definition) is 6. The van der Waals surface area contributed by atoms with Crippen LogP contribution >= 0.6 is 11.8 Å². The van der Waals surface area contributed by atoms with Crippen LogP contribution in [0.2, 0.25) is 0 Å². The van der Waals surface area contributed by atoms with E-state index in [2.05, 4.69) is 10.2 Å². The van der Waals surface area contributed by atoms with E-state index in [4.69, 9.17) is 0 Å². The van der Waals surface area contributed by atoms with E-state index in [-0.39, 0.29) is 40.4 Å². The predicted molar refractivity (Wildman–Crippen MR) is 97.5 cm³/mol. The number of halogens is 3. The van der Waals surface area contributed by atoms with Gasteiger partial charge in [-0.3, -0.25) is 4.79 Å². The number of carbonyl (C=O) groups excluding carboxylic acids is 1. The molecular weight excluding hydrogens is 417 g/mol. The lowest BCUT2D eigenvalue weighted by molar-refractivity contribution is -0.147. The van der Waals surface area contributed by atoms with Crippen molar-refractivity contribution in [1.29, 1.82) is 0 Å². The van der Waals surface area contributed by atoms with Gasteiger partial charge in [0.25, 0.3) is 0 Å². The highest BCUT2D eigenvalue weighted by Crippen LogP contribution is 2.31. The van der Waals surface area contributed by atoms with Crippen molar-refractivity contribution in [2.24, 2.45) is 7.05 Å². The molecule has 158 valence electrons. The maximum absolute atomic E-state index is 13.0. The third-order valence-electron chi connectivity index (χ3n) is 5.27. The normalized spacial score (nSPS) is 23.1. The summed E-state index contributed by atoms with van der Waals surface area (Å²) in [7, 11) is -1.95. The molecule has 28 heavy (non-hydrogen) atoms. The number of carbonyl (C=O) groups is 1. The summed E-state index contributed by atoms with van der Waals surface area (Å²) in [6, 6.07) is -0.364. The molecule has 1 saturated carbocycles. The van der Waals surface area contributed by atoms with E-state index in [0.717, 1.165) is 48.4 Å². The minimum Gasteiger partial charge on any atom is -0.335 e. The molecule has 0 N–H and O–H groups in total. The van der Waals surface area contributed by atoms with Crippen molar-refractivity contribution >= 4 is 27.5 Å². The van der Waals surface area contributed by atoms with Crippen LogP contribution in [0.1, 0.15) is 44.3 Å². The van der Waals surface area contributed by atoms with Crippen LogP contribution in [0.3, 0.4) is 0 Å². The summed E-state index contributed by atoms with van der Waals surface area (Å²) < 4.78 is 63.2. The molecule has 1 aromatic heterocycles. The van der Waals surface area contributed by atoms with Crippen LogP contribution in [0.25, 0.3) is 0 Å². The minimum atomic E-state index is -4.61. The Labute approximate surface area is 166 Å². The van der Waals surface area contributed by atoms with E-state index >= 15 is 0 Å². The van der Waals surface area contributed by atoms with E-state index in [9.17, 15) is 26.4 Å². The van der Waals surface area contributed by atoms with Crippen molar-refractivity contribution in [3.05, 3.63) is 5.82 Å². The fourth-order valence-electron chi connectivity index (χ4n) is 3.95. The molecule has 0 spiro atoms. The summed E-state index contributed by atoms with van der Waals surface area (Å²) in [4.78, 5) is 14.7. The fraction of sp³-hybridized carbons (Fsp3) is 0.812. The molecule has 2 heterocycles. The van der Waals surface area contributed by atoms with E-state index in [1.165, 1.54) is 7.05 Å². The first-order chi connectivity index (χ1) is 13.1. The highest BCUT2D eigenvalue weighted by atomic mass is 32.2. The molecule has 0 bridgehead atoms. The molecule has 0 unspecified atom stereocenters. The number of sulfone groups is 1. The zero-order chi connectivity index (χ0) is 20.5. The molecule has 12 heteroatoms. The van der Waals surface area contributed by atoms with Crippen LogP contribution in [-0.2, 0) is 27.9 Å². The van der Waals surface area contributed by atoms with Gasteiger partial charge in [0.1, 0.15) is 0 Å². The Balaban J connectivity index is 1.72. The van der Waals surface area contributed by atoms with Crippen molar-refractivity contribution in [2.45, 2.75) is 61.9 Å². The molecule has 3 rings (SSSR count). The number of amides is 1. The van der Waals surface area contributed by atoms with E-state index in [1.807, 2.05) is 0 Å². The molecule has 1 aromatic rings. The summed E-state index contributed by atoms with van der Waals surface area (Å²) in [6.07, 6.45) is 0.520. The monoisotopic (exact) mass is 440 g/mol. The Kier molecular flexibility index (Phi) is 6.28. The number of rotatable bonds is 5. The molecule has 1 amide bonds. The van der Waals surface area contributed by atoms with Crippen molar-refractivity contribution in [3.8, 4) is 0 Å². The molecule has 1 aliphatic heterocycles. The van der Waals surface area contributed by atoms with Gasteiger partial charge in [0, 0.05) is 19.1 Å². The van der Waals surface area contributed by atoms with E-state index in [1.54, 1.807) is 4.90 Å². The molecule has 7 nitrogen and oxygen atoms in total. The number of nitrogens with zero attached hydrogens (tertiary/aromatic N) is 4. The lowest BCUT2D eigenvalue weighted by Crippen LogP contribution is -2.49. The maximum Gasteiger partial charge on any atom is 0.451 e. The lowest BCUT2D eigenvalue weighted by Gasteiger charge is -2.38. The Morgan fingerprint density at radius 1 is 1.18 bits per heavy atom. The molecular formula is C16H23F3N4O3S2. The Hall–Kier alpha value is -1.30. The third kappa shape index (κ3) is 4.81. The summed E-state index contributed by atoms with van der Waals surface area (Å²) in [6.45, 7) is 0. The molecule has 0 radical (unpaired) electrons. The van der Waals surface area contributed by atoms with Gasteiger partial charge in [0.2, 0.25) is 11.7 Å². The molecule has 2 fully saturated rings. The van der Waals surface area contributed by atoms with Gasteiger partial charge in [-0.1, -0.05) is 31.0 Å². The molecule has 1 saturated heterocycles. The zero-order valence-corrected chi connectivity index (χ0v) is 17.1. The van der Waals surface area contributed by atoms with Crippen LogP contribution < -0.4 is 0 Å². The second-order valence-electron chi connectivity index (χ2n) is 7.30. The number of alkyl halides is 3. The summed E-state index contributed by atoms with van der Waals surface area (Å²) >= 11 is 0.892. The predicted octanol–water partition coefficient (Wildman–Crippen LogP) is 2.27. The van der Waals surface area contributed by atoms with Crippen molar-refractivity contribution < 1.29 is 26.4 Å². The fourth-order valence-corrected chi connectivity index (χ4v) is 6.44. The van der Waals surface area contributed by atoms with E-state index < -0.39 is 21.8 Å². The largest absolute Gasteiger partial charge is 0.451 e. The van der Waals surface area contributed by atoms with Gasteiger partial charge >= 0.3 is 6.18 Å². The molecule has 2 aliphatic rings. The highest BCUT2D eigenvalue weighted by molar-refractivity contribution is 7.99. The van der Waals surface area contributed by atoms with E-state index in [0.29, 0.717) is 6.42 Å². The van der Waals surface area contributed by atoms with Crippen LogP contribution in [-0.4, -0.2) is 63.3 Å². The zero-order valence-electron chi connectivity index (χ0n) is 15.5. The number of aromatic nitrogens is 3. The van der Waals surface area contributed by atoms with Crippen LogP contribution in [0.15, 0.2) is 5.16 Å². The number of hydrogen-bond donors (Lipinski definition) is 0. The molecule has 1 aliphatic carbocycles. The standard InChI is InChI=1S/C16H23F3N4O3S2/c1-22-14(16(17,18)19)20-21-15(22)27-9-13(24)23(11-5-3-2-4-6-11)12-7-8-28(25,26)10-12/h11-12H,2-10H2,1H3/t12-/m0/s1. The average Bonchev–Trinajstić information content (AvgIpc) is 3.16. The SMILES string of the molecule is Cn1c(SCC(=O)N(C2CCCCC2)[C@H]2CCS(=O)(=O)C2)nnc1C(F)(F)F. The van der Waals surface area contributed by atoms with Gasteiger partial charge in [-0.05, 0) is 19.3 Å². The second kappa shape index (κ2) is 8.21. The summed E-state index contributed by atoms with van der Waals surface area (Å²) in [5.74, 6) is -1.44. The first kappa shape index (κ1) is 21.4. The number of thioether (sulfide) groups is 1. The van der Waals surface area contributed by atoms with Gasteiger partial charge in [0.15, 0.2) is 15.0 Å². The smallest absolute Gasteiger partial charge is 0.335 e. The topological polar surface area (TPSA) is 85.2 Å². The Bertz CT molecular complexity index is 820. The minimum absolute atomic E-state index is 0.00307. The Morgan fingerprint density at radius 3 is 2.39 bits per heavy atom. The van der Waals surface area contributed by atoms with Crippen molar-refractivity contribution in [1.82, 2.24) is 19.7 Å². The maximum atomic E-state index is 13.0. The quantitative estimate of drug-likeness (QED) is 0.653. The average molecular weight is 441 g/mol. The van der Waals surface area contributed by atoms with Crippen molar-refractivity contribution in [3.63, 3.8) is 0 Å². The van der Waals surface area contributed by atoms with Crippen molar-refractivity contribution in [2.75, 3.05) is 17.3 Å². The summed E-state index contributed by atoms with van der Waals surface area (Å²) in [5.41, 5.74) is 0. The van der Waals surface area contributed by atoms with Crippen LogP contribution in [0.5, 0.6) is 0 Å². The van der Waals surface area contributed by atoms with Gasteiger partial charge < -0.3 is 9.47 Å². The van der Waals surface area contributed by atoms with Gasteiger partial charge in [-0.25, -0.2) is 8.42 Å². The first-order valence-electron chi connectivity index (χ1n) is 9.19. The molecule has 1 atom stereocenters. The van der Waals surface area contributed by atoms with Gasteiger partial charge in [0.05, 0.1) is 17.3 Å². The first-order valence-corrected chi connectivity index (χ1v) is 12.0.